The number of hydrogen-bond acceptors (Lipinski definition) is 3. The van der Waals surface area contributed by atoms with Crippen molar-refractivity contribution in [2.24, 2.45) is 5.92 Å². The number of aryl methyl sites for hydroxylation is 1. The van der Waals surface area contributed by atoms with Crippen LogP contribution in [0.15, 0.2) is 23.1 Å². The van der Waals surface area contributed by atoms with E-state index in [0.29, 0.717) is 41.4 Å². The molecule has 0 aliphatic carbocycles. The highest BCUT2D eigenvalue weighted by atomic mass is 35.5. The quantitative estimate of drug-likeness (QED) is 0.929. The average molecular weight is 304 g/mol. The largest absolute Gasteiger partial charge is 0.396 e. The predicted octanol–water partition coefficient (Wildman–Crippen LogP) is 2.04. The summed E-state index contributed by atoms with van der Waals surface area (Å²) in [5.41, 5.74) is 0.664. The van der Waals surface area contributed by atoms with Crippen molar-refractivity contribution in [3.63, 3.8) is 0 Å². The number of rotatable bonds is 3. The lowest BCUT2D eigenvalue weighted by Gasteiger charge is -2.30. The van der Waals surface area contributed by atoms with Crippen molar-refractivity contribution >= 4 is 21.6 Å². The molecule has 1 aromatic carbocycles. The Morgan fingerprint density at radius 2 is 2.00 bits per heavy atom. The number of benzene rings is 1. The zero-order valence-corrected chi connectivity index (χ0v) is 12.4. The molecule has 1 aliphatic heterocycles. The first-order valence-corrected chi connectivity index (χ1v) is 8.14. The Morgan fingerprint density at radius 1 is 1.37 bits per heavy atom. The molecule has 0 atom stereocenters. The highest BCUT2D eigenvalue weighted by Gasteiger charge is 2.30. The third kappa shape index (κ3) is 3.11. The van der Waals surface area contributed by atoms with Gasteiger partial charge in [0.1, 0.15) is 0 Å². The second-order valence-corrected chi connectivity index (χ2v) is 7.28. The molecule has 1 heterocycles. The number of aliphatic hydroxyl groups is 1. The average Bonchev–Trinajstić information content (AvgIpc) is 2.38. The second-order valence-electron chi connectivity index (χ2n) is 4.94. The molecule has 106 valence electrons. The van der Waals surface area contributed by atoms with Crippen LogP contribution in [-0.2, 0) is 10.0 Å². The van der Waals surface area contributed by atoms with Crippen LogP contribution >= 0.6 is 11.6 Å². The smallest absolute Gasteiger partial charge is 0.243 e. The second kappa shape index (κ2) is 5.79. The van der Waals surface area contributed by atoms with Crippen molar-refractivity contribution < 1.29 is 13.5 Å². The molecule has 1 saturated heterocycles. The molecule has 2 rings (SSSR count). The highest BCUT2D eigenvalue weighted by molar-refractivity contribution is 7.89. The van der Waals surface area contributed by atoms with Crippen LogP contribution in [0.2, 0.25) is 5.02 Å². The maximum Gasteiger partial charge on any atom is 0.243 e. The van der Waals surface area contributed by atoms with Crippen LogP contribution in [0.5, 0.6) is 0 Å². The topological polar surface area (TPSA) is 57.6 Å². The van der Waals surface area contributed by atoms with Gasteiger partial charge in [-0.2, -0.15) is 4.31 Å². The fraction of sp³-hybridized carbons (Fsp3) is 0.538. The van der Waals surface area contributed by atoms with E-state index in [0.717, 1.165) is 0 Å². The molecule has 0 saturated carbocycles. The van der Waals surface area contributed by atoms with Gasteiger partial charge in [0.05, 0.1) is 4.90 Å². The molecule has 6 heteroatoms. The van der Waals surface area contributed by atoms with E-state index in [1.54, 1.807) is 25.1 Å². The Kier molecular flexibility index (Phi) is 4.50. The molecule has 0 spiro atoms. The molecule has 1 aromatic rings. The molecule has 4 nitrogen and oxygen atoms in total. The van der Waals surface area contributed by atoms with Crippen molar-refractivity contribution in [2.45, 2.75) is 24.7 Å². The van der Waals surface area contributed by atoms with E-state index in [1.165, 1.54) is 4.31 Å². The fourth-order valence-electron chi connectivity index (χ4n) is 2.37. The minimum absolute atomic E-state index is 0.133. The van der Waals surface area contributed by atoms with Crippen LogP contribution in [0, 0.1) is 12.8 Å². The summed E-state index contributed by atoms with van der Waals surface area (Å²) >= 11 is 5.85. The summed E-state index contributed by atoms with van der Waals surface area (Å²) in [6.45, 7) is 2.82. The van der Waals surface area contributed by atoms with Crippen molar-refractivity contribution in [1.82, 2.24) is 4.31 Å². The standard InChI is InChI=1S/C13H18ClNO3S/c1-10-8-12(14)2-3-13(10)19(17,18)15-6-4-11(9-16)5-7-15/h2-3,8,11,16H,4-7,9H2,1H3. The summed E-state index contributed by atoms with van der Waals surface area (Å²) in [5, 5.41) is 9.63. The van der Waals surface area contributed by atoms with Gasteiger partial charge >= 0.3 is 0 Å². The monoisotopic (exact) mass is 303 g/mol. The van der Waals surface area contributed by atoms with Gasteiger partial charge in [0.25, 0.3) is 0 Å². The molecule has 0 unspecified atom stereocenters. The van der Waals surface area contributed by atoms with Crippen LogP contribution in [0.3, 0.4) is 0 Å². The van der Waals surface area contributed by atoms with Gasteiger partial charge < -0.3 is 5.11 Å². The van der Waals surface area contributed by atoms with Gasteiger partial charge in [0, 0.05) is 24.7 Å². The fourth-order valence-corrected chi connectivity index (χ4v) is 4.28. The summed E-state index contributed by atoms with van der Waals surface area (Å²) in [4.78, 5) is 0.319. The summed E-state index contributed by atoms with van der Waals surface area (Å²) in [6, 6.07) is 4.82. The predicted molar refractivity (Wildman–Crippen MR) is 74.8 cm³/mol. The van der Waals surface area contributed by atoms with Gasteiger partial charge in [-0.15, -0.1) is 0 Å². The first-order valence-electron chi connectivity index (χ1n) is 6.32. The molecule has 1 fully saturated rings. The number of hydrogen-bond donors (Lipinski definition) is 1. The zero-order valence-electron chi connectivity index (χ0n) is 10.8. The SMILES string of the molecule is Cc1cc(Cl)ccc1S(=O)(=O)N1CCC(CO)CC1. The maximum atomic E-state index is 12.5. The van der Waals surface area contributed by atoms with Crippen molar-refractivity contribution in [2.75, 3.05) is 19.7 Å². The lowest BCUT2D eigenvalue weighted by atomic mass is 10.00. The van der Waals surface area contributed by atoms with E-state index >= 15 is 0 Å². The van der Waals surface area contributed by atoms with Gasteiger partial charge in [-0.05, 0) is 49.4 Å². The molecular weight excluding hydrogens is 286 g/mol. The van der Waals surface area contributed by atoms with Crippen molar-refractivity contribution in [3.8, 4) is 0 Å². The number of aliphatic hydroxyl groups excluding tert-OH is 1. The minimum Gasteiger partial charge on any atom is -0.396 e. The zero-order chi connectivity index (χ0) is 14.0. The number of sulfonamides is 1. The molecule has 0 amide bonds. The van der Waals surface area contributed by atoms with Gasteiger partial charge in [-0.1, -0.05) is 11.6 Å². The minimum atomic E-state index is -3.45. The lowest BCUT2D eigenvalue weighted by molar-refractivity contribution is 0.170. The Bertz CT molecular complexity index is 551. The van der Waals surface area contributed by atoms with Crippen LogP contribution < -0.4 is 0 Å². The Labute approximate surface area is 119 Å². The van der Waals surface area contributed by atoms with Crippen LogP contribution in [0.4, 0.5) is 0 Å². The number of halogens is 1. The first kappa shape index (κ1) is 14.8. The molecule has 19 heavy (non-hydrogen) atoms. The molecule has 0 radical (unpaired) electrons. The van der Waals surface area contributed by atoms with Crippen LogP contribution in [0.25, 0.3) is 0 Å². The Balaban J connectivity index is 2.23. The third-order valence-corrected chi connectivity index (χ3v) is 5.88. The van der Waals surface area contributed by atoms with E-state index in [4.69, 9.17) is 16.7 Å². The maximum absolute atomic E-state index is 12.5. The molecule has 0 bridgehead atoms. The summed E-state index contributed by atoms with van der Waals surface area (Å²) < 4.78 is 26.6. The Morgan fingerprint density at radius 3 is 2.53 bits per heavy atom. The van der Waals surface area contributed by atoms with Crippen LogP contribution in [-0.4, -0.2) is 37.5 Å². The molecule has 1 N–H and O–H groups in total. The van der Waals surface area contributed by atoms with E-state index in [1.807, 2.05) is 0 Å². The van der Waals surface area contributed by atoms with E-state index in [9.17, 15) is 8.42 Å². The lowest BCUT2D eigenvalue weighted by Crippen LogP contribution is -2.39. The summed E-state index contributed by atoms with van der Waals surface area (Å²) in [7, 11) is -3.45. The van der Waals surface area contributed by atoms with Crippen molar-refractivity contribution in [1.29, 1.82) is 0 Å². The molecule has 0 aromatic heterocycles. The summed E-state index contributed by atoms with van der Waals surface area (Å²) in [5.74, 6) is 0.220. The van der Waals surface area contributed by atoms with Crippen LogP contribution in [0.1, 0.15) is 18.4 Å². The van der Waals surface area contributed by atoms with E-state index in [-0.39, 0.29) is 12.5 Å². The first-order chi connectivity index (χ1) is 8.95. The van der Waals surface area contributed by atoms with Gasteiger partial charge in [-0.25, -0.2) is 8.42 Å². The number of nitrogens with zero attached hydrogens (tertiary/aromatic N) is 1. The highest BCUT2D eigenvalue weighted by Crippen LogP contribution is 2.26. The molecular formula is C13H18ClNO3S. The van der Waals surface area contributed by atoms with Gasteiger partial charge in [-0.3, -0.25) is 0 Å². The normalized spacial score (nSPS) is 18.7. The van der Waals surface area contributed by atoms with Gasteiger partial charge in [0.2, 0.25) is 10.0 Å². The third-order valence-electron chi connectivity index (χ3n) is 3.59. The Hall–Kier alpha value is -0.620. The molecule has 1 aliphatic rings. The summed E-state index contributed by atoms with van der Waals surface area (Å²) in [6.07, 6.45) is 1.42. The van der Waals surface area contributed by atoms with Crippen molar-refractivity contribution in [3.05, 3.63) is 28.8 Å². The number of piperidine rings is 1. The van der Waals surface area contributed by atoms with E-state index in [2.05, 4.69) is 0 Å². The van der Waals surface area contributed by atoms with Gasteiger partial charge in [0.15, 0.2) is 0 Å². The van der Waals surface area contributed by atoms with E-state index < -0.39 is 10.0 Å².